The van der Waals surface area contributed by atoms with Crippen molar-refractivity contribution in [3.05, 3.63) is 0 Å². The number of hydrogen-bond donors (Lipinski definition) is 2. The third-order valence-corrected chi connectivity index (χ3v) is 5.95. The molecule has 0 aromatic carbocycles. The maximum absolute atomic E-state index is 12.8. The van der Waals surface area contributed by atoms with Crippen LogP contribution in [0.5, 0.6) is 0 Å². The van der Waals surface area contributed by atoms with Crippen LogP contribution in [0.3, 0.4) is 0 Å². The number of amides is 1. The van der Waals surface area contributed by atoms with Crippen molar-refractivity contribution in [3.8, 4) is 6.07 Å². The van der Waals surface area contributed by atoms with Crippen LogP contribution < -0.4 is 5.32 Å². The Balaban J connectivity index is 1.53. The molecule has 1 heterocycles. The predicted octanol–water partition coefficient (Wildman–Crippen LogP) is 1.17. The molecule has 5 heteroatoms. The van der Waals surface area contributed by atoms with Gasteiger partial charge in [-0.2, -0.15) is 5.26 Å². The van der Waals surface area contributed by atoms with Gasteiger partial charge >= 0.3 is 0 Å². The van der Waals surface area contributed by atoms with Gasteiger partial charge in [0.25, 0.3) is 0 Å². The summed E-state index contributed by atoms with van der Waals surface area (Å²) in [5.41, 5.74) is -1.27. The number of aliphatic hydroxyl groups is 1. The van der Waals surface area contributed by atoms with Crippen LogP contribution in [0, 0.1) is 23.2 Å². The highest BCUT2D eigenvalue weighted by Crippen LogP contribution is 2.57. The van der Waals surface area contributed by atoms with Crippen LogP contribution in [0.4, 0.5) is 0 Å². The minimum Gasteiger partial charge on any atom is -0.390 e. The Hall–Kier alpha value is -1.12. The van der Waals surface area contributed by atoms with E-state index in [1.807, 2.05) is 6.07 Å². The summed E-state index contributed by atoms with van der Waals surface area (Å²) < 4.78 is 24.5. The summed E-state index contributed by atoms with van der Waals surface area (Å²) >= 11 is 0. The fourth-order valence-electron chi connectivity index (χ4n) is 5.61. The molecule has 2 N–H and O–H groups in total. The van der Waals surface area contributed by atoms with Gasteiger partial charge in [0.2, 0.25) is 5.91 Å². The van der Waals surface area contributed by atoms with E-state index in [4.69, 9.17) is 4.11 Å². The van der Waals surface area contributed by atoms with Crippen molar-refractivity contribution in [2.24, 2.45) is 11.8 Å². The van der Waals surface area contributed by atoms with Crippen LogP contribution in [-0.2, 0) is 4.79 Å². The van der Waals surface area contributed by atoms with E-state index in [0.717, 1.165) is 32.1 Å². The highest BCUT2D eigenvalue weighted by Gasteiger charge is 2.57. The summed E-state index contributed by atoms with van der Waals surface area (Å²) in [6.07, 6.45) is 4.46. The zero-order chi connectivity index (χ0) is 18.0. The molecule has 1 saturated heterocycles. The molecule has 5 aliphatic rings. The SMILES string of the molecule is [2H]C1CCN(C(=O)C([2H])([2H])NC23C[C@@H]4C[C@@H](CC(O)(C4)C2)C3)[C@@H]1C#N. The Kier molecular flexibility index (Phi) is 2.56. The molecule has 4 bridgehead atoms. The molecular formula is C17H25N3O2. The summed E-state index contributed by atoms with van der Waals surface area (Å²) in [6.45, 7) is -2.05. The lowest BCUT2D eigenvalue weighted by Gasteiger charge is -2.60. The van der Waals surface area contributed by atoms with Crippen molar-refractivity contribution >= 4 is 5.91 Å². The summed E-state index contributed by atoms with van der Waals surface area (Å²) in [5.74, 6) is 0.0263. The van der Waals surface area contributed by atoms with Gasteiger partial charge in [-0.1, -0.05) is 0 Å². The Bertz CT molecular complexity index is 621. The van der Waals surface area contributed by atoms with Gasteiger partial charge in [-0.25, -0.2) is 0 Å². The van der Waals surface area contributed by atoms with Crippen molar-refractivity contribution in [3.63, 3.8) is 0 Å². The highest BCUT2D eigenvalue weighted by atomic mass is 16.3. The zero-order valence-electron chi connectivity index (χ0n) is 15.7. The zero-order valence-corrected chi connectivity index (χ0v) is 12.7. The Morgan fingerprint density at radius 2 is 2.18 bits per heavy atom. The van der Waals surface area contributed by atoms with Crippen LogP contribution in [-0.4, -0.2) is 46.1 Å². The second kappa shape index (κ2) is 4.94. The molecule has 4 saturated carbocycles. The number of nitrogens with zero attached hydrogens (tertiary/aromatic N) is 2. The molecule has 3 unspecified atom stereocenters. The lowest BCUT2D eigenvalue weighted by molar-refractivity contribution is -0.147. The molecule has 0 aromatic rings. The maximum atomic E-state index is 12.8. The van der Waals surface area contributed by atoms with E-state index in [9.17, 15) is 15.2 Å². The molecule has 1 amide bonds. The first-order chi connectivity index (χ1) is 11.7. The summed E-state index contributed by atoms with van der Waals surface area (Å²) in [6, 6.07) is 1.08. The largest absolute Gasteiger partial charge is 0.390 e. The highest BCUT2D eigenvalue weighted by molar-refractivity contribution is 5.79. The molecule has 120 valence electrons. The van der Waals surface area contributed by atoms with E-state index in [2.05, 4.69) is 5.32 Å². The molecule has 1 aliphatic heterocycles. The minimum atomic E-state index is -2.29. The molecule has 5 fully saturated rings. The molecule has 0 spiro atoms. The number of carbonyl (C=O) groups excluding carboxylic acids is 1. The van der Waals surface area contributed by atoms with Crippen molar-refractivity contribution in [2.75, 3.05) is 13.0 Å². The van der Waals surface area contributed by atoms with E-state index in [-0.39, 0.29) is 6.54 Å². The fraction of sp³-hybridized carbons (Fsp3) is 0.882. The van der Waals surface area contributed by atoms with Crippen molar-refractivity contribution in [1.29, 1.82) is 5.26 Å². The average molecular weight is 306 g/mol. The Morgan fingerprint density at radius 3 is 2.82 bits per heavy atom. The van der Waals surface area contributed by atoms with Gasteiger partial charge in [-0.15, -0.1) is 0 Å². The van der Waals surface area contributed by atoms with E-state index in [1.54, 1.807) is 0 Å². The standard InChI is InChI=1S/C17H25N3O2/c18-9-14-2-1-3-20(14)15(21)10-19-16-5-12-4-13(6-16)8-17(22,7-12)11-16/h12-14,19,22H,1-8,10-11H2/t12-,13+,14-,16?,17?/m0/s1/i2D,10D2/t2?,12-,13+,14-,16?,17?. The first-order valence-electron chi connectivity index (χ1n) is 9.88. The first-order valence-corrected chi connectivity index (χ1v) is 8.30. The van der Waals surface area contributed by atoms with Gasteiger partial charge in [0.05, 0.1) is 20.9 Å². The van der Waals surface area contributed by atoms with Gasteiger partial charge in [0, 0.05) is 13.5 Å². The molecule has 0 radical (unpaired) electrons. The van der Waals surface area contributed by atoms with E-state index in [0.29, 0.717) is 24.7 Å². The van der Waals surface area contributed by atoms with Crippen LogP contribution in [0.15, 0.2) is 0 Å². The second-order valence-corrected chi connectivity index (χ2v) is 7.81. The maximum Gasteiger partial charge on any atom is 0.237 e. The molecular weight excluding hydrogens is 278 g/mol. The molecule has 22 heavy (non-hydrogen) atoms. The topological polar surface area (TPSA) is 76.4 Å². The molecule has 5 nitrogen and oxygen atoms in total. The molecule has 5 rings (SSSR count). The lowest BCUT2D eigenvalue weighted by Crippen LogP contribution is -2.65. The van der Waals surface area contributed by atoms with E-state index < -0.39 is 36.0 Å². The van der Waals surface area contributed by atoms with Gasteiger partial charge in [0.15, 0.2) is 0 Å². The number of nitrogens with one attached hydrogen (secondary N) is 1. The second-order valence-electron chi connectivity index (χ2n) is 7.81. The van der Waals surface area contributed by atoms with Gasteiger partial charge in [0.1, 0.15) is 6.04 Å². The van der Waals surface area contributed by atoms with Crippen molar-refractivity contribution in [1.82, 2.24) is 10.2 Å². The molecule has 6 atom stereocenters. The fourth-order valence-corrected chi connectivity index (χ4v) is 5.61. The third kappa shape index (κ3) is 2.33. The monoisotopic (exact) mass is 306 g/mol. The third-order valence-electron chi connectivity index (χ3n) is 5.95. The number of carbonyl (C=O) groups is 1. The van der Waals surface area contributed by atoms with E-state index >= 15 is 0 Å². The van der Waals surface area contributed by atoms with Crippen LogP contribution in [0.2, 0.25) is 0 Å². The van der Waals surface area contributed by atoms with Crippen LogP contribution in [0.1, 0.15) is 55.5 Å². The first kappa shape index (κ1) is 11.4. The van der Waals surface area contributed by atoms with Crippen LogP contribution in [0.25, 0.3) is 0 Å². The molecule has 0 aromatic heterocycles. The van der Waals surface area contributed by atoms with Crippen LogP contribution >= 0.6 is 0 Å². The summed E-state index contributed by atoms with van der Waals surface area (Å²) in [4.78, 5) is 14.0. The predicted molar refractivity (Wildman–Crippen MR) is 80.7 cm³/mol. The van der Waals surface area contributed by atoms with Crippen molar-refractivity contribution in [2.45, 2.75) is 68.5 Å². The van der Waals surface area contributed by atoms with Crippen molar-refractivity contribution < 1.29 is 14.0 Å². The lowest BCUT2D eigenvalue weighted by atomic mass is 9.51. The number of likely N-dealkylation sites (tertiary alicyclic amines) is 1. The number of nitriles is 1. The molecule has 4 aliphatic carbocycles. The summed E-state index contributed by atoms with van der Waals surface area (Å²) in [5, 5.41) is 23.0. The van der Waals surface area contributed by atoms with Gasteiger partial charge < -0.3 is 15.3 Å². The number of rotatable bonds is 3. The van der Waals surface area contributed by atoms with Gasteiger partial charge in [-0.3, -0.25) is 4.79 Å². The Morgan fingerprint density at radius 1 is 1.45 bits per heavy atom. The van der Waals surface area contributed by atoms with Gasteiger partial charge in [-0.05, 0) is 63.2 Å². The number of hydrogen-bond acceptors (Lipinski definition) is 4. The van der Waals surface area contributed by atoms with E-state index in [1.165, 1.54) is 4.90 Å². The average Bonchev–Trinajstić information content (AvgIpc) is 2.83. The smallest absolute Gasteiger partial charge is 0.237 e. The minimum absolute atomic E-state index is 0.245. The normalized spacial score (nSPS) is 52.0. The Labute approximate surface area is 135 Å². The quantitative estimate of drug-likeness (QED) is 0.821. The summed E-state index contributed by atoms with van der Waals surface area (Å²) in [7, 11) is 0.